The van der Waals surface area contributed by atoms with E-state index < -0.39 is 0 Å². The molecule has 0 saturated carbocycles. The molecule has 1 heterocycles. The first-order chi connectivity index (χ1) is 26.8. The molecule has 0 atom stereocenters. The van der Waals surface area contributed by atoms with Gasteiger partial charge in [-0.15, -0.1) is 0 Å². The van der Waals surface area contributed by atoms with Gasteiger partial charge in [0, 0.05) is 33.2 Å². The molecular weight excluding hydrogens is 655 g/mol. The third-order valence-corrected chi connectivity index (χ3v) is 11.0. The maximum Gasteiger partial charge on any atom is 0.143 e. The Morgan fingerprint density at radius 3 is 1.78 bits per heavy atom. The normalized spacial score (nSPS) is 11.7. The second-order valence-corrected chi connectivity index (χ2v) is 14.1. The smallest absolute Gasteiger partial charge is 0.143 e. The topological polar surface area (TPSA) is 16.4 Å². The third-order valence-electron chi connectivity index (χ3n) is 11.0. The Bertz CT molecular complexity index is 3230. The molecule has 2 heteroatoms. The Kier molecular flexibility index (Phi) is 6.90. The van der Waals surface area contributed by atoms with Crippen molar-refractivity contribution in [2.75, 3.05) is 4.90 Å². The SMILES string of the molecule is c1cc(-c2cccc3oc4c5ccccc5ccc4c23)cc(N(c2ccc(-c3cccc4c3ccc3ccccc34)cc2)c2ccc3ccccc3c2)c1. The summed E-state index contributed by atoms with van der Waals surface area (Å²) in [7, 11) is 0. The zero-order valence-electron chi connectivity index (χ0n) is 29.4. The molecule has 0 aliphatic carbocycles. The van der Waals surface area contributed by atoms with Crippen molar-refractivity contribution in [3.8, 4) is 22.3 Å². The van der Waals surface area contributed by atoms with Gasteiger partial charge in [0.25, 0.3) is 0 Å². The van der Waals surface area contributed by atoms with E-state index >= 15 is 0 Å². The summed E-state index contributed by atoms with van der Waals surface area (Å²) in [5.41, 5.74) is 9.83. The van der Waals surface area contributed by atoms with E-state index in [0.717, 1.165) is 55.5 Å². The number of rotatable bonds is 5. The van der Waals surface area contributed by atoms with E-state index in [4.69, 9.17) is 4.42 Å². The molecule has 10 aromatic carbocycles. The van der Waals surface area contributed by atoms with Crippen molar-refractivity contribution in [1.82, 2.24) is 0 Å². The molecule has 0 N–H and O–H groups in total. The zero-order chi connectivity index (χ0) is 35.6. The van der Waals surface area contributed by atoms with Gasteiger partial charge in [0.15, 0.2) is 0 Å². The lowest BCUT2D eigenvalue weighted by molar-refractivity contribution is 0.673. The summed E-state index contributed by atoms with van der Waals surface area (Å²) in [6.45, 7) is 0. The van der Waals surface area contributed by atoms with E-state index in [9.17, 15) is 0 Å². The highest BCUT2D eigenvalue weighted by Crippen LogP contribution is 2.43. The molecule has 0 aliphatic rings. The van der Waals surface area contributed by atoms with Crippen LogP contribution in [0.4, 0.5) is 17.1 Å². The molecule has 0 aliphatic heterocycles. The minimum atomic E-state index is 0.896. The summed E-state index contributed by atoms with van der Waals surface area (Å²) in [5.74, 6) is 0. The van der Waals surface area contributed by atoms with E-state index in [2.05, 4.69) is 205 Å². The highest BCUT2D eigenvalue weighted by atomic mass is 16.3. The Hall–Kier alpha value is -7.16. The molecule has 11 aromatic rings. The van der Waals surface area contributed by atoms with Crippen molar-refractivity contribution in [2.24, 2.45) is 0 Å². The summed E-state index contributed by atoms with van der Waals surface area (Å²) >= 11 is 0. The summed E-state index contributed by atoms with van der Waals surface area (Å²) in [6.07, 6.45) is 0. The van der Waals surface area contributed by atoms with Crippen LogP contribution in [0.2, 0.25) is 0 Å². The van der Waals surface area contributed by atoms with Crippen LogP contribution in [-0.2, 0) is 0 Å². The van der Waals surface area contributed by atoms with Gasteiger partial charge < -0.3 is 9.32 Å². The molecule has 0 saturated heterocycles. The lowest BCUT2D eigenvalue weighted by Crippen LogP contribution is -2.10. The number of nitrogens with zero attached hydrogens (tertiary/aromatic N) is 1. The molecule has 2 nitrogen and oxygen atoms in total. The minimum absolute atomic E-state index is 0.896. The van der Waals surface area contributed by atoms with Crippen molar-refractivity contribution in [3.63, 3.8) is 0 Å². The molecule has 252 valence electrons. The second-order valence-electron chi connectivity index (χ2n) is 14.1. The summed E-state index contributed by atoms with van der Waals surface area (Å²) in [5, 5.41) is 12.1. The minimum Gasteiger partial charge on any atom is -0.455 e. The number of hydrogen-bond donors (Lipinski definition) is 0. The maximum atomic E-state index is 6.57. The first kappa shape index (κ1) is 30.5. The average Bonchev–Trinajstić information content (AvgIpc) is 3.64. The number of fused-ring (bicyclic) bond motifs is 9. The summed E-state index contributed by atoms with van der Waals surface area (Å²) in [6, 6.07) is 72.3. The lowest BCUT2D eigenvalue weighted by Gasteiger charge is -2.26. The number of benzene rings is 10. The van der Waals surface area contributed by atoms with Crippen LogP contribution in [0.15, 0.2) is 205 Å². The van der Waals surface area contributed by atoms with Gasteiger partial charge in [-0.05, 0) is 108 Å². The van der Waals surface area contributed by atoms with Crippen molar-refractivity contribution in [1.29, 1.82) is 0 Å². The first-order valence-electron chi connectivity index (χ1n) is 18.5. The van der Waals surface area contributed by atoms with E-state index in [1.165, 1.54) is 48.8 Å². The van der Waals surface area contributed by atoms with Crippen molar-refractivity contribution < 1.29 is 4.42 Å². The predicted molar refractivity (Wildman–Crippen MR) is 229 cm³/mol. The third kappa shape index (κ3) is 4.88. The first-order valence-corrected chi connectivity index (χ1v) is 18.5. The average molecular weight is 688 g/mol. The van der Waals surface area contributed by atoms with E-state index in [1.807, 2.05) is 0 Å². The Morgan fingerprint density at radius 2 is 0.926 bits per heavy atom. The monoisotopic (exact) mass is 687 g/mol. The molecule has 0 amide bonds. The molecule has 0 bridgehead atoms. The Balaban J connectivity index is 1.06. The molecule has 0 unspecified atom stereocenters. The van der Waals surface area contributed by atoms with Gasteiger partial charge in [-0.1, -0.05) is 152 Å². The predicted octanol–water partition coefficient (Wildman–Crippen LogP) is 15.0. The quantitative estimate of drug-likeness (QED) is 0.168. The van der Waals surface area contributed by atoms with Gasteiger partial charge in [-0.25, -0.2) is 0 Å². The van der Waals surface area contributed by atoms with Crippen LogP contribution in [-0.4, -0.2) is 0 Å². The van der Waals surface area contributed by atoms with Gasteiger partial charge in [0.1, 0.15) is 11.2 Å². The van der Waals surface area contributed by atoms with Gasteiger partial charge in [0.2, 0.25) is 0 Å². The second kappa shape index (κ2) is 12.2. The standard InChI is InChI=1S/C52H33NO/c1-2-13-38-32-42(29-22-34(38)10-1)53(40-27-23-37(24-28-40)44-18-8-20-47-43-16-5-3-11-35(43)25-30-48(44)47)41-15-7-14-39(33-41)45-19-9-21-50-51(45)49-31-26-36-12-4-6-17-46(36)52(49)54-50/h1-33H. The van der Waals surface area contributed by atoms with Crippen LogP contribution in [0.3, 0.4) is 0 Å². The van der Waals surface area contributed by atoms with Crippen LogP contribution in [0, 0.1) is 0 Å². The zero-order valence-corrected chi connectivity index (χ0v) is 29.4. The number of anilines is 3. The molecule has 0 radical (unpaired) electrons. The van der Waals surface area contributed by atoms with E-state index in [-0.39, 0.29) is 0 Å². The van der Waals surface area contributed by atoms with Crippen LogP contribution in [0.1, 0.15) is 0 Å². The van der Waals surface area contributed by atoms with Crippen LogP contribution in [0.25, 0.3) is 87.3 Å². The number of furan rings is 1. The van der Waals surface area contributed by atoms with Gasteiger partial charge in [-0.2, -0.15) is 0 Å². The maximum absolute atomic E-state index is 6.57. The fourth-order valence-electron chi connectivity index (χ4n) is 8.45. The van der Waals surface area contributed by atoms with E-state index in [0.29, 0.717) is 0 Å². The fourth-order valence-corrected chi connectivity index (χ4v) is 8.45. The molecule has 1 aromatic heterocycles. The van der Waals surface area contributed by atoms with Gasteiger partial charge in [0.05, 0.1) is 0 Å². The van der Waals surface area contributed by atoms with Gasteiger partial charge in [-0.3, -0.25) is 0 Å². The van der Waals surface area contributed by atoms with Gasteiger partial charge >= 0.3 is 0 Å². The van der Waals surface area contributed by atoms with Crippen molar-refractivity contribution in [2.45, 2.75) is 0 Å². The highest BCUT2D eigenvalue weighted by molar-refractivity contribution is 6.19. The number of hydrogen-bond acceptors (Lipinski definition) is 2. The Labute approximate surface area is 312 Å². The highest BCUT2D eigenvalue weighted by Gasteiger charge is 2.18. The fraction of sp³-hybridized carbons (Fsp3) is 0. The van der Waals surface area contributed by atoms with Crippen molar-refractivity contribution >= 4 is 82.1 Å². The molecule has 54 heavy (non-hydrogen) atoms. The lowest BCUT2D eigenvalue weighted by atomic mass is 9.94. The van der Waals surface area contributed by atoms with Crippen LogP contribution < -0.4 is 4.90 Å². The van der Waals surface area contributed by atoms with Crippen LogP contribution >= 0.6 is 0 Å². The summed E-state index contributed by atoms with van der Waals surface area (Å²) < 4.78 is 6.57. The summed E-state index contributed by atoms with van der Waals surface area (Å²) in [4.78, 5) is 2.37. The molecule has 11 rings (SSSR count). The van der Waals surface area contributed by atoms with Crippen LogP contribution in [0.5, 0.6) is 0 Å². The molecule has 0 spiro atoms. The van der Waals surface area contributed by atoms with Crippen molar-refractivity contribution in [3.05, 3.63) is 200 Å². The van der Waals surface area contributed by atoms with E-state index in [1.54, 1.807) is 0 Å². The Morgan fingerprint density at radius 1 is 0.315 bits per heavy atom. The largest absolute Gasteiger partial charge is 0.455 e. The molecule has 0 fully saturated rings. The molecular formula is C52H33NO.